The van der Waals surface area contributed by atoms with Gasteiger partial charge < -0.3 is 10.2 Å². The van der Waals surface area contributed by atoms with Crippen molar-refractivity contribution >= 4 is 58.3 Å². The quantitative estimate of drug-likeness (QED) is 0.380. The standard InChI is InChI=1S/C23H21Cl3N6O/c24-18-5-3-16(4-6-18)2-1-9-31-10-12-32(13-11-31)22-20(21(26)28-15-29-22)30-23(33)17-7-8-27-19(25)14-17/h1-8,14-15H,9-13H2,(H,30,33)/b2-1+. The van der Waals surface area contributed by atoms with E-state index >= 15 is 0 Å². The van der Waals surface area contributed by atoms with Gasteiger partial charge in [0, 0.05) is 49.5 Å². The minimum atomic E-state index is -0.358. The third-order valence-electron chi connectivity index (χ3n) is 5.22. The van der Waals surface area contributed by atoms with Crippen molar-refractivity contribution in [3.8, 4) is 0 Å². The number of anilines is 2. The zero-order valence-corrected chi connectivity index (χ0v) is 19.9. The number of piperazine rings is 1. The van der Waals surface area contributed by atoms with Gasteiger partial charge in [0.25, 0.3) is 5.91 Å². The van der Waals surface area contributed by atoms with Crippen molar-refractivity contribution in [1.29, 1.82) is 0 Å². The number of rotatable bonds is 6. The van der Waals surface area contributed by atoms with Gasteiger partial charge in [-0.1, -0.05) is 59.1 Å². The Balaban J connectivity index is 1.38. The Kier molecular flexibility index (Phi) is 7.77. The van der Waals surface area contributed by atoms with Crippen LogP contribution in [0.3, 0.4) is 0 Å². The van der Waals surface area contributed by atoms with Gasteiger partial charge in [0.05, 0.1) is 0 Å². The first-order valence-electron chi connectivity index (χ1n) is 10.3. The van der Waals surface area contributed by atoms with E-state index in [0.29, 0.717) is 17.1 Å². The van der Waals surface area contributed by atoms with Gasteiger partial charge in [0.2, 0.25) is 0 Å². The van der Waals surface area contributed by atoms with Crippen LogP contribution in [0.15, 0.2) is 55.0 Å². The van der Waals surface area contributed by atoms with Gasteiger partial charge in [-0.05, 0) is 29.8 Å². The average Bonchev–Trinajstić information content (AvgIpc) is 2.82. The molecule has 1 aliphatic rings. The van der Waals surface area contributed by atoms with Crippen molar-refractivity contribution in [2.75, 3.05) is 42.9 Å². The van der Waals surface area contributed by atoms with Gasteiger partial charge in [0.1, 0.15) is 17.2 Å². The van der Waals surface area contributed by atoms with Gasteiger partial charge in [-0.15, -0.1) is 0 Å². The highest BCUT2D eigenvalue weighted by atomic mass is 35.5. The maximum Gasteiger partial charge on any atom is 0.256 e. The second-order valence-corrected chi connectivity index (χ2v) is 8.61. The molecule has 0 radical (unpaired) electrons. The van der Waals surface area contributed by atoms with Crippen LogP contribution in [0, 0.1) is 0 Å². The summed E-state index contributed by atoms with van der Waals surface area (Å²) in [5.74, 6) is 0.239. The first-order valence-corrected chi connectivity index (χ1v) is 11.5. The summed E-state index contributed by atoms with van der Waals surface area (Å²) in [6, 6.07) is 10.8. The minimum absolute atomic E-state index is 0.182. The summed E-state index contributed by atoms with van der Waals surface area (Å²) in [6.45, 7) is 4.02. The summed E-state index contributed by atoms with van der Waals surface area (Å²) in [5.41, 5.74) is 1.87. The number of carbonyl (C=O) groups is 1. The molecule has 1 aliphatic heterocycles. The van der Waals surface area contributed by atoms with Gasteiger partial charge >= 0.3 is 0 Å². The molecule has 0 unspecified atom stereocenters. The molecule has 1 saturated heterocycles. The molecule has 170 valence electrons. The number of carbonyl (C=O) groups excluding carboxylic acids is 1. The summed E-state index contributed by atoms with van der Waals surface area (Å²) >= 11 is 18.2. The lowest BCUT2D eigenvalue weighted by Crippen LogP contribution is -2.47. The number of benzene rings is 1. The van der Waals surface area contributed by atoms with Gasteiger partial charge in [0.15, 0.2) is 11.0 Å². The minimum Gasteiger partial charge on any atom is -0.352 e. The maximum atomic E-state index is 12.7. The van der Waals surface area contributed by atoms with E-state index in [0.717, 1.165) is 43.3 Å². The van der Waals surface area contributed by atoms with Gasteiger partial charge in [-0.3, -0.25) is 9.69 Å². The van der Waals surface area contributed by atoms with E-state index in [1.54, 1.807) is 6.07 Å². The van der Waals surface area contributed by atoms with E-state index in [1.165, 1.54) is 18.6 Å². The van der Waals surface area contributed by atoms with Crippen LogP contribution in [0.25, 0.3) is 6.08 Å². The normalized spacial score (nSPS) is 14.6. The van der Waals surface area contributed by atoms with Crippen molar-refractivity contribution in [3.05, 3.63) is 81.5 Å². The van der Waals surface area contributed by atoms with Crippen molar-refractivity contribution in [1.82, 2.24) is 19.9 Å². The molecule has 0 atom stereocenters. The molecular weight excluding hydrogens is 483 g/mol. The SMILES string of the molecule is O=C(Nc1c(Cl)ncnc1N1CCN(C/C=C/c2ccc(Cl)cc2)CC1)c1ccnc(Cl)c1. The van der Waals surface area contributed by atoms with Gasteiger partial charge in [-0.2, -0.15) is 0 Å². The third kappa shape index (κ3) is 6.21. The fraction of sp³-hybridized carbons (Fsp3) is 0.217. The zero-order valence-electron chi connectivity index (χ0n) is 17.6. The predicted molar refractivity (Wildman–Crippen MR) is 133 cm³/mol. The van der Waals surface area contributed by atoms with E-state index in [2.05, 4.69) is 42.2 Å². The number of hydrogen-bond donors (Lipinski definition) is 1. The molecule has 0 saturated carbocycles. The molecule has 33 heavy (non-hydrogen) atoms. The fourth-order valence-electron chi connectivity index (χ4n) is 3.49. The smallest absolute Gasteiger partial charge is 0.256 e. The summed E-state index contributed by atoms with van der Waals surface area (Å²) < 4.78 is 0. The van der Waals surface area contributed by atoms with Gasteiger partial charge in [-0.25, -0.2) is 15.0 Å². The van der Waals surface area contributed by atoms with Crippen LogP contribution in [0.2, 0.25) is 15.3 Å². The molecule has 7 nitrogen and oxygen atoms in total. The highest BCUT2D eigenvalue weighted by Gasteiger charge is 2.23. The molecule has 0 bridgehead atoms. The molecule has 4 rings (SSSR count). The number of amides is 1. The second kappa shape index (κ2) is 10.9. The van der Waals surface area contributed by atoms with E-state index in [-0.39, 0.29) is 16.2 Å². The monoisotopic (exact) mass is 502 g/mol. The molecule has 0 aliphatic carbocycles. The number of halogens is 3. The van der Waals surface area contributed by atoms with Crippen LogP contribution < -0.4 is 10.2 Å². The summed E-state index contributed by atoms with van der Waals surface area (Å²) in [4.78, 5) is 29.5. The highest BCUT2D eigenvalue weighted by molar-refractivity contribution is 6.33. The Morgan fingerprint density at radius 2 is 1.76 bits per heavy atom. The first kappa shape index (κ1) is 23.4. The van der Waals surface area contributed by atoms with Crippen LogP contribution in [0.5, 0.6) is 0 Å². The molecule has 10 heteroatoms. The van der Waals surface area contributed by atoms with Crippen LogP contribution in [-0.4, -0.2) is 58.5 Å². The largest absolute Gasteiger partial charge is 0.352 e. The van der Waals surface area contributed by atoms with Crippen LogP contribution in [0.1, 0.15) is 15.9 Å². The number of pyridine rings is 1. The molecule has 3 heterocycles. The maximum absolute atomic E-state index is 12.7. The van der Waals surface area contributed by atoms with Crippen molar-refractivity contribution in [2.24, 2.45) is 0 Å². The molecule has 1 fully saturated rings. The molecule has 1 N–H and O–H groups in total. The Morgan fingerprint density at radius 1 is 1.00 bits per heavy atom. The van der Waals surface area contributed by atoms with E-state index in [4.69, 9.17) is 34.8 Å². The second-order valence-electron chi connectivity index (χ2n) is 7.43. The van der Waals surface area contributed by atoms with Crippen LogP contribution in [0.4, 0.5) is 11.5 Å². The Labute approximate surface area is 207 Å². The fourth-order valence-corrected chi connectivity index (χ4v) is 3.96. The van der Waals surface area contributed by atoms with Crippen LogP contribution >= 0.6 is 34.8 Å². The molecule has 1 aromatic carbocycles. The lowest BCUT2D eigenvalue weighted by molar-refractivity contribution is 0.102. The summed E-state index contributed by atoms with van der Waals surface area (Å²) in [5, 5.41) is 3.98. The van der Waals surface area contributed by atoms with Crippen molar-refractivity contribution < 1.29 is 4.79 Å². The Hall–Kier alpha value is -2.71. The van der Waals surface area contributed by atoms with E-state index in [1.807, 2.05) is 24.3 Å². The molecule has 1 amide bonds. The molecule has 2 aromatic heterocycles. The third-order valence-corrected chi connectivity index (χ3v) is 5.97. The van der Waals surface area contributed by atoms with E-state index in [9.17, 15) is 4.79 Å². The number of hydrogen-bond acceptors (Lipinski definition) is 6. The zero-order chi connectivity index (χ0) is 23.2. The predicted octanol–water partition coefficient (Wildman–Crippen LogP) is 4.92. The lowest BCUT2D eigenvalue weighted by Gasteiger charge is -2.35. The van der Waals surface area contributed by atoms with E-state index < -0.39 is 0 Å². The molecule has 0 spiro atoms. The first-order chi connectivity index (χ1) is 16.0. The molecular formula is C23H21Cl3N6O. The van der Waals surface area contributed by atoms with Crippen LogP contribution in [-0.2, 0) is 0 Å². The summed E-state index contributed by atoms with van der Waals surface area (Å²) in [6.07, 6.45) is 7.11. The number of nitrogens with one attached hydrogen (secondary N) is 1. The lowest BCUT2D eigenvalue weighted by atomic mass is 10.2. The van der Waals surface area contributed by atoms with Crippen molar-refractivity contribution in [2.45, 2.75) is 0 Å². The Morgan fingerprint density at radius 3 is 2.48 bits per heavy atom. The molecule has 3 aromatic rings. The number of nitrogens with zero attached hydrogens (tertiary/aromatic N) is 5. The topological polar surface area (TPSA) is 74.2 Å². The Bertz CT molecular complexity index is 1150. The van der Waals surface area contributed by atoms with Crippen molar-refractivity contribution in [3.63, 3.8) is 0 Å². The average molecular weight is 504 g/mol. The number of aromatic nitrogens is 3. The highest BCUT2D eigenvalue weighted by Crippen LogP contribution is 2.30. The summed E-state index contributed by atoms with van der Waals surface area (Å²) in [7, 11) is 0.